The number of benzene rings is 1. The van der Waals surface area contributed by atoms with E-state index in [1.54, 1.807) is 6.20 Å². The molecule has 232 valence electrons. The fourth-order valence-electron chi connectivity index (χ4n) is 7.38. The molecular formula is C34H38FN9O. The molecule has 0 aliphatic carbocycles. The fourth-order valence-corrected chi connectivity index (χ4v) is 7.38. The molecule has 2 fully saturated rings. The summed E-state index contributed by atoms with van der Waals surface area (Å²) in [5, 5.41) is 20.1. The average Bonchev–Trinajstić information content (AvgIpc) is 3.69. The number of hydrogen-bond acceptors (Lipinski definition) is 9. The zero-order valence-corrected chi connectivity index (χ0v) is 26.2. The topological polar surface area (TPSA) is 99.2 Å². The molecule has 10 nitrogen and oxygen atoms in total. The lowest BCUT2D eigenvalue weighted by molar-refractivity contribution is 0.118. The van der Waals surface area contributed by atoms with Crippen molar-refractivity contribution in [2.45, 2.75) is 70.7 Å². The summed E-state index contributed by atoms with van der Waals surface area (Å²) in [6.45, 7) is 8.78. The predicted octanol–water partition coefficient (Wildman–Crippen LogP) is 5.91. The van der Waals surface area contributed by atoms with Crippen molar-refractivity contribution in [1.82, 2.24) is 34.8 Å². The molecule has 3 aromatic heterocycles. The van der Waals surface area contributed by atoms with E-state index in [9.17, 15) is 5.26 Å². The first-order valence-corrected chi connectivity index (χ1v) is 15.8. The highest BCUT2D eigenvalue weighted by Crippen LogP contribution is 2.41. The number of fused-ring (bicyclic) bond motifs is 4. The number of likely N-dealkylation sites (N-methyl/N-ethyl adjacent to an activating group) is 1. The number of allylic oxidation sites excluding steroid dienone is 1. The number of pyridine rings is 2. The van der Waals surface area contributed by atoms with Crippen LogP contribution in [-0.4, -0.2) is 73.6 Å². The molecule has 0 spiro atoms. The fraction of sp³-hybridized carbons (Fsp3) is 0.441. The predicted molar refractivity (Wildman–Crippen MR) is 172 cm³/mol. The zero-order chi connectivity index (χ0) is 31.2. The molecule has 0 amide bonds. The van der Waals surface area contributed by atoms with Crippen molar-refractivity contribution in [2.24, 2.45) is 0 Å². The molecule has 0 bridgehead atoms. The molecule has 3 aliphatic rings. The van der Waals surface area contributed by atoms with Crippen LogP contribution in [-0.2, 0) is 0 Å². The van der Waals surface area contributed by atoms with Crippen molar-refractivity contribution >= 4 is 33.8 Å². The van der Waals surface area contributed by atoms with Crippen LogP contribution in [0, 0.1) is 24.2 Å². The maximum Gasteiger partial charge on any atom is 0.245 e. The molecule has 1 aromatic carbocycles. The maximum atomic E-state index is 17.0. The van der Waals surface area contributed by atoms with Crippen LogP contribution < -0.4 is 9.64 Å². The van der Waals surface area contributed by atoms with Crippen LogP contribution in [0.1, 0.15) is 68.3 Å². The first-order chi connectivity index (χ1) is 21.9. The molecular weight excluding hydrogens is 569 g/mol. The number of ether oxygens (including phenoxy) is 1. The van der Waals surface area contributed by atoms with Crippen molar-refractivity contribution in [2.75, 3.05) is 31.6 Å². The van der Waals surface area contributed by atoms with Gasteiger partial charge in [0, 0.05) is 41.8 Å². The number of nitrogens with zero attached hydrogens (tertiary/aromatic N) is 9. The van der Waals surface area contributed by atoms with Gasteiger partial charge in [-0.3, -0.25) is 9.80 Å². The van der Waals surface area contributed by atoms with E-state index >= 15 is 4.39 Å². The number of rotatable bonds is 6. The van der Waals surface area contributed by atoms with E-state index in [4.69, 9.17) is 9.72 Å². The smallest absolute Gasteiger partial charge is 0.245 e. The van der Waals surface area contributed by atoms with Gasteiger partial charge >= 0.3 is 0 Å². The normalized spacial score (nSPS) is 21.6. The van der Waals surface area contributed by atoms with E-state index in [1.807, 2.05) is 55.8 Å². The molecule has 11 heteroatoms. The van der Waals surface area contributed by atoms with Crippen LogP contribution in [0.2, 0.25) is 0 Å². The molecule has 3 atom stereocenters. The van der Waals surface area contributed by atoms with Crippen molar-refractivity contribution < 1.29 is 9.13 Å². The van der Waals surface area contributed by atoms with Crippen LogP contribution in [0.4, 0.5) is 10.2 Å². The number of aryl methyl sites for hydroxylation is 1. The van der Waals surface area contributed by atoms with Crippen molar-refractivity contribution in [3.8, 4) is 12.1 Å². The standard InChI is InChI=1S/C34H38FN9O/c1-5-15-42-17-12-24(13-18-42)44-32-25-19-21(2)28(27-11-10-23-8-6-14-37-33(23)43(27)20-36)29(35)30(25)38-34(31(32)39-40-44)45-22(3)26-9-7-16-41(26)4/h5-6,8,10-11,14-15,19,22,24,26-27H,7,9,12-13,16-18H2,1-4H3/t22-,26-,27?/m0/s1. The van der Waals surface area contributed by atoms with Gasteiger partial charge in [-0.25, -0.2) is 19.0 Å². The zero-order valence-electron chi connectivity index (χ0n) is 26.2. The molecule has 1 unspecified atom stereocenters. The van der Waals surface area contributed by atoms with E-state index in [0.29, 0.717) is 33.7 Å². The second-order valence-electron chi connectivity index (χ2n) is 12.4. The summed E-state index contributed by atoms with van der Waals surface area (Å²) in [6.07, 6.45) is 15.6. The average molecular weight is 608 g/mol. The first-order valence-electron chi connectivity index (χ1n) is 15.8. The monoisotopic (exact) mass is 607 g/mol. The Labute approximate surface area is 262 Å². The highest BCUT2D eigenvalue weighted by molar-refractivity contribution is 6.05. The first kappa shape index (κ1) is 29.2. The van der Waals surface area contributed by atoms with Crippen LogP contribution in [0.25, 0.3) is 28.0 Å². The summed E-state index contributed by atoms with van der Waals surface area (Å²) < 4.78 is 25.6. The lowest BCUT2D eigenvalue weighted by Crippen LogP contribution is -2.38. The Morgan fingerprint density at radius 1 is 1.18 bits per heavy atom. The molecule has 6 heterocycles. The Kier molecular flexibility index (Phi) is 7.61. The van der Waals surface area contributed by atoms with Crippen LogP contribution in [0.3, 0.4) is 0 Å². The van der Waals surface area contributed by atoms with E-state index in [-0.39, 0.29) is 23.7 Å². The summed E-state index contributed by atoms with van der Waals surface area (Å²) in [7, 11) is 2.11. The van der Waals surface area contributed by atoms with Gasteiger partial charge in [0.1, 0.15) is 23.0 Å². The number of nitriles is 1. The second-order valence-corrected chi connectivity index (χ2v) is 12.4. The van der Waals surface area contributed by atoms with Gasteiger partial charge in [0.05, 0.1) is 12.1 Å². The molecule has 0 radical (unpaired) electrons. The van der Waals surface area contributed by atoms with Crippen LogP contribution >= 0.6 is 0 Å². The van der Waals surface area contributed by atoms with Crippen LogP contribution in [0.15, 0.2) is 42.7 Å². The number of piperidine rings is 1. The van der Waals surface area contributed by atoms with E-state index < -0.39 is 11.9 Å². The van der Waals surface area contributed by atoms with Gasteiger partial charge in [-0.05, 0) is 90.0 Å². The van der Waals surface area contributed by atoms with Gasteiger partial charge in [-0.15, -0.1) is 5.10 Å². The van der Waals surface area contributed by atoms with E-state index in [2.05, 4.69) is 50.6 Å². The Balaban J connectivity index is 1.38. The molecule has 45 heavy (non-hydrogen) atoms. The molecule has 2 saturated heterocycles. The molecule has 0 saturated carbocycles. The summed E-state index contributed by atoms with van der Waals surface area (Å²) in [4.78, 5) is 15.3. The SMILES string of the molecule is CC=CN1CCC(n2nnc3c(O[C@@H](C)[C@@H]4CCCN4C)nc4c(F)c(C5C=Cc6cccnc6N5C#N)c(C)cc4c32)CC1. The van der Waals surface area contributed by atoms with Crippen LogP contribution in [0.5, 0.6) is 5.88 Å². The second kappa shape index (κ2) is 11.7. The quantitative estimate of drug-likeness (QED) is 0.248. The van der Waals surface area contributed by atoms with Gasteiger partial charge in [-0.1, -0.05) is 23.4 Å². The highest BCUT2D eigenvalue weighted by Gasteiger charge is 2.34. The lowest BCUT2D eigenvalue weighted by atomic mass is 9.93. The third-order valence-electron chi connectivity index (χ3n) is 9.66. The Hall–Kier alpha value is -4.56. The minimum atomic E-state index is -0.672. The molecule has 3 aliphatic heterocycles. The number of anilines is 1. The van der Waals surface area contributed by atoms with Crippen molar-refractivity contribution in [1.29, 1.82) is 5.26 Å². The Morgan fingerprint density at radius 2 is 2.00 bits per heavy atom. The summed E-state index contributed by atoms with van der Waals surface area (Å²) in [5.41, 5.74) is 3.39. The number of likely N-dealkylation sites (tertiary alicyclic amines) is 2. The number of hydrogen-bond donors (Lipinski definition) is 0. The van der Waals surface area contributed by atoms with Gasteiger partial charge in [0.2, 0.25) is 5.88 Å². The molecule has 0 N–H and O–H groups in total. The van der Waals surface area contributed by atoms with Gasteiger partial charge in [0.25, 0.3) is 0 Å². The lowest BCUT2D eigenvalue weighted by Gasteiger charge is -2.31. The summed E-state index contributed by atoms with van der Waals surface area (Å²) >= 11 is 0. The molecule has 7 rings (SSSR count). The van der Waals surface area contributed by atoms with E-state index in [0.717, 1.165) is 56.4 Å². The minimum Gasteiger partial charge on any atom is -0.471 e. The van der Waals surface area contributed by atoms with Crippen molar-refractivity contribution in [3.05, 3.63) is 65.3 Å². The van der Waals surface area contributed by atoms with Gasteiger partial charge < -0.3 is 9.64 Å². The largest absolute Gasteiger partial charge is 0.471 e. The molecule has 4 aromatic rings. The van der Waals surface area contributed by atoms with E-state index in [1.165, 1.54) is 4.90 Å². The Morgan fingerprint density at radius 3 is 2.73 bits per heavy atom. The number of halogens is 1. The maximum absolute atomic E-state index is 17.0. The Bertz CT molecular complexity index is 1850. The van der Waals surface area contributed by atoms with Crippen molar-refractivity contribution in [3.63, 3.8) is 0 Å². The summed E-state index contributed by atoms with van der Waals surface area (Å²) in [5.74, 6) is 0.312. The minimum absolute atomic E-state index is 0.106. The van der Waals surface area contributed by atoms with Gasteiger partial charge in [0.15, 0.2) is 17.5 Å². The number of aromatic nitrogens is 5. The third-order valence-corrected chi connectivity index (χ3v) is 9.66. The third kappa shape index (κ3) is 4.97. The summed E-state index contributed by atoms with van der Waals surface area (Å²) in [6, 6.07) is 5.34. The highest BCUT2D eigenvalue weighted by atomic mass is 19.1. The van der Waals surface area contributed by atoms with Gasteiger partial charge in [-0.2, -0.15) is 5.26 Å².